The fraction of sp³-hybridized carbons (Fsp3) is 0.479. The number of benzene rings is 3. The number of fused-ring (bicyclic) bond motifs is 3. The molecule has 13 heteroatoms. The molecular formula is C48H57N9O4. The number of anilines is 4. The molecule has 0 aliphatic carbocycles. The molecule has 318 valence electrons. The first kappa shape index (κ1) is 39.6. The van der Waals surface area contributed by atoms with Crippen molar-refractivity contribution in [1.82, 2.24) is 25.3 Å². The third kappa shape index (κ3) is 7.94. The predicted octanol–water partition coefficient (Wildman–Crippen LogP) is 5.12. The number of amides is 2. The van der Waals surface area contributed by atoms with Crippen molar-refractivity contribution >= 4 is 40.5 Å². The van der Waals surface area contributed by atoms with Crippen LogP contribution in [0.4, 0.5) is 22.9 Å². The Balaban J connectivity index is 0.699. The first-order chi connectivity index (χ1) is 29.8. The third-order valence-electron chi connectivity index (χ3n) is 14.6. The summed E-state index contributed by atoms with van der Waals surface area (Å²) in [7, 11) is 0. The molecule has 5 fully saturated rings. The highest BCUT2D eigenvalue weighted by Crippen LogP contribution is 2.47. The molecule has 61 heavy (non-hydrogen) atoms. The van der Waals surface area contributed by atoms with Crippen molar-refractivity contribution in [3.63, 3.8) is 0 Å². The Morgan fingerprint density at radius 1 is 0.770 bits per heavy atom. The number of piperazine rings is 1. The highest BCUT2D eigenvalue weighted by molar-refractivity contribution is 6.02. The zero-order valence-corrected chi connectivity index (χ0v) is 34.9. The molecule has 1 aromatic heterocycles. The molecule has 4 atom stereocenters. The average Bonchev–Trinajstić information content (AvgIpc) is 3.82. The Morgan fingerprint density at radius 3 is 2.30 bits per heavy atom. The molecule has 3 aromatic carbocycles. The van der Waals surface area contributed by atoms with Crippen LogP contribution in [0.5, 0.6) is 5.75 Å². The van der Waals surface area contributed by atoms with Gasteiger partial charge in [0.1, 0.15) is 23.4 Å². The number of nitrogens with zero attached hydrogens (tertiary/aromatic N) is 7. The summed E-state index contributed by atoms with van der Waals surface area (Å²) in [6, 6.07) is 25.3. The number of aromatic nitrogens is 2. The Bertz CT molecular complexity index is 2290. The molecule has 6 aliphatic heterocycles. The van der Waals surface area contributed by atoms with Gasteiger partial charge in [-0.15, -0.1) is 10.2 Å². The molecular weight excluding hydrogens is 767 g/mol. The van der Waals surface area contributed by atoms with Crippen LogP contribution in [-0.4, -0.2) is 113 Å². The van der Waals surface area contributed by atoms with Gasteiger partial charge in [0.15, 0.2) is 0 Å². The number of nitrogen functional groups attached to an aromatic ring is 1. The third-order valence-corrected chi connectivity index (χ3v) is 14.6. The summed E-state index contributed by atoms with van der Waals surface area (Å²) in [4.78, 5) is 50.2. The van der Waals surface area contributed by atoms with E-state index in [1.165, 1.54) is 22.5 Å². The summed E-state index contributed by atoms with van der Waals surface area (Å²) >= 11 is 0. The van der Waals surface area contributed by atoms with Gasteiger partial charge >= 0.3 is 0 Å². The quantitative estimate of drug-likeness (QED) is 0.182. The van der Waals surface area contributed by atoms with Gasteiger partial charge in [-0.25, -0.2) is 0 Å². The first-order valence-corrected chi connectivity index (χ1v) is 22.5. The van der Waals surface area contributed by atoms with Gasteiger partial charge in [-0.1, -0.05) is 30.3 Å². The number of hydrogen-bond acceptors (Lipinski definition) is 12. The SMILES string of the molecule is Nc1nnc(-c2ccccc2O)cc1C1C[C@H]2CC[C@@H](C1)N2c1cccc(CN2CCC(C(=O)CN3CCN(c4cccc5c4CCN5[C@@H]4CCC(=O)NC4=O)CC3)CC2)c1. The fourth-order valence-electron chi connectivity index (χ4n) is 11.4. The number of aromatic hydroxyl groups is 1. The number of phenolic OH excluding ortho intramolecular Hbond substituents is 1. The number of ketones is 1. The number of rotatable bonds is 10. The summed E-state index contributed by atoms with van der Waals surface area (Å²) in [5, 5.41) is 21.6. The van der Waals surface area contributed by atoms with Gasteiger partial charge in [0, 0.05) is 97.4 Å². The number of imide groups is 1. The summed E-state index contributed by atoms with van der Waals surface area (Å²) in [5.41, 5.74) is 15.1. The lowest BCUT2D eigenvalue weighted by atomic mass is 9.84. The molecule has 0 spiro atoms. The predicted molar refractivity (Wildman–Crippen MR) is 237 cm³/mol. The first-order valence-electron chi connectivity index (χ1n) is 22.5. The number of carbonyl (C=O) groups excluding carboxylic acids is 3. The van der Waals surface area contributed by atoms with Crippen LogP contribution in [-0.2, 0) is 27.3 Å². The maximum Gasteiger partial charge on any atom is 0.249 e. The van der Waals surface area contributed by atoms with Gasteiger partial charge in [0.2, 0.25) is 11.8 Å². The van der Waals surface area contributed by atoms with Gasteiger partial charge in [-0.3, -0.25) is 29.5 Å². The highest BCUT2D eigenvalue weighted by Gasteiger charge is 2.42. The van der Waals surface area contributed by atoms with Crippen molar-refractivity contribution < 1.29 is 19.5 Å². The molecule has 4 aromatic rings. The summed E-state index contributed by atoms with van der Waals surface area (Å²) in [6.45, 7) is 7.53. The number of phenols is 1. The van der Waals surface area contributed by atoms with Gasteiger partial charge in [0.05, 0.1) is 12.2 Å². The molecule has 1 unspecified atom stereocenters. The number of hydrogen-bond donors (Lipinski definition) is 3. The second kappa shape index (κ2) is 16.7. The van der Waals surface area contributed by atoms with Crippen LogP contribution in [0, 0.1) is 5.92 Å². The van der Waals surface area contributed by atoms with Gasteiger partial charge < -0.3 is 25.5 Å². The normalized spacial score (nSPS) is 24.9. The minimum atomic E-state index is -0.294. The number of piperidine rings is 3. The van der Waals surface area contributed by atoms with Crippen molar-refractivity contribution in [2.45, 2.75) is 88.4 Å². The monoisotopic (exact) mass is 823 g/mol. The largest absolute Gasteiger partial charge is 0.507 e. The minimum absolute atomic E-state index is 0.118. The number of nitrogens with one attached hydrogen (secondary N) is 1. The smallest absolute Gasteiger partial charge is 0.249 e. The molecule has 7 heterocycles. The van der Waals surface area contributed by atoms with Crippen LogP contribution >= 0.6 is 0 Å². The molecule has 0 saturated carbocycles. The second-order valence-electron chi connectivity index (χ2n) is 18.2. The van der Waals surface area contributed by atoms with Crippen LogP contribution in [0.1, 0.15) is 74.0 Å². The second-order valence-corrected chi connectivity index (χ2v) is 18.2. The summed E-state index contributed by atoms with van der Waals surface area (Å²) < 4.78 is 0. The van der Waals surface area contributed by atoms with E-state index in [1.807, 2.05) is 24.3 Å². The zero-order chi connectivity index (χ0) is 41.6. The maximum atomic E-state index is 13.6. The van der Waals surface area contributed by atoms with E-state index in [4.69, 9.17) is 5.73 Å². The molecule has 2 amide bonds. The maximum absolute atomic E-state index is 13.6. The molecule has 13 nitrogen and oxygen atoms in total. The van der Waals surface area contributed by atoms with Crippen LogP contribution in [0.15, 0.2) is 72.8 Å². The van der Waals surface area contributed by atoms with E-state index in [0.29, 0.717) is 60.2 Å². The van der Waals surface area contributed by atoms with Crippen molar-refractivity contribution in [3.05, 3.63) is 89.5 Å². The number of likely N-dealkylation sites (tertiary alicyclic amines) is 1. The van der Waals surface area contributed by atoms with Crippen LogP contribution in [0.25, 0.3) is 11.3 Å². The van der Waals surface area contributed by atoms with Gasteiger partial charge in [-0.2, -0.15) is 0 Å². The van der Waals surface area contributed by atoms with Crippen LogP contribution < -0.4 is 25.8 Å². The van der Waals surface area contributed by atoms with E-state index in [1.54, 1.807) is 6.07 Å². The fourth-order valence-corrected chi connectivity index (χ4v) is 11.4. The topological polar surface area (TPSA) is 151 Å². The Labute approximate surface area is 357 Å². The average molecular weight is 824 g/mol. The molecule has 4 N–H and O–H groups in total. The lowest BCUT2D eigenvalue weighted by molar-refractivity contribution is -0.134. The van der Waals surface area contributed by atoms with Crippen molar-refractivity contribution in [3.8, 4) is 17.0 Å². The Kier molecular flexibility index (Phi) is 10.9. The Morgan fingerprint density at radius 2 is 1.52 bits per heavy atom. The van der Waals surface area contributed by atoms with E-state index >= 15 is 0 Å². The van der Waals surface area contributed by atoms with E-state index in [0.717, 1.165) is 109 Å². The number of Topliss-reactive ketones (excluding diaryl/α,β-unsaturated/α-hetero) is 1. The minimum Gasteiger partial charge on any atom is -0.507 e. The molecule has 10 rings (SSSR count). The lowest BCUT2D eigenvalue weighted by Crippen LogP contribution is -2.52. The number of carbonyl (C=O) groups is 3. The zero-order valence-electron chi connectivity index (χ0n) is 34.9. The van der Waals surface area contributed by atoms with E-state index in [9.17, 15) is 19.5 Å². The van der Waals surface area contributed by atoms with E-state index in [2.05, 4.69) is 82.5 Å². The summed E-state index contributed by atoms with van der Waals surface area (Å²) in [5.74, 6) is 1.10. The van der Waals surface area contributed by atoms with Crippen LogP contribution in [0.2, 0.25) is 0 Å². The molecule has 0 radical (unpaired) electrons. The molecule has 6 aliphatic rings. The molecule has 2 bridgehead atoms. The Hall–Kier alpha value is -5.53. The number of para-hydroxylation sites is 1. The van der Waals surface area contributed by atoms with Crippen LogP contribution in [0.3, 0.4) is 0 Å². The summed E-state index contributed by atoms with van der Waals surface area (Å²) in [6.07, 6.45) is 8.00. The van der Waals surface area contributed by atoms with E-state index < -0.39 is 0 Å². The van der Waals surface area contributed by atoms with Crippen molar-refractivity contribution in [1.29, 1.82) is 0 Å². The van der Waals surface area contributed by atoms with Crippen molar-refractivity contribution in [2.75, 3.05) is 72.8 Å². The molecule has 5 saturated heterocycles. The number of nitrogens with two attached hydrogens (primary N) is 1. The van der Waals surface area contributed by atoms with Gasteiger partial charge in [-0.05, 0) is 118 Å². The lowest BCUT2D eigenvalue weighted by Gasteiger charge is -2.41. The van der Waals surface area contributed by atoms with E-state index in [-0.39, 0.29) is 29.5 Å². The highest BCUT2D eigenvalue weighted by atomic mass is 16.3. The standard InChI is InChI=1S/C48H57N9O4/c49-47-39(28-40(51-52-47)37-7-1-2-10-44(37)58)33-26-35-11-12-36(27-33)57(35)34-6-3-5-31(25-34)29-53-18-15-32(16-19-53)45(59)30-54-21-23-55(24-22-54)41-8-4-9-42-38(41)17-20-56(42)43-13-14-46(60)50-48(43)61/h1-10,25,28,32-33,35-36,43,58H,11-24,26-27,29-30H2,(H2,49,52)(H,50,60,61)/t33?,35-,36+,43-/m1/s1. The van der Waals surface area contributed by atoms with Crippen molar-refractivity contribution in [2.24, 2.45) is 5.92 Å². The van der Waals surface area contributed by atoms with Gasteiger partial charge in [0.25, 0.3) is 0 Å².